The molecule has 0 aromatic heterocycles. The summed E-state index contributed by atoms with van der Waals surface area (Å²) in [5.74, 6) is 0.118. The molecule has 4 heteroatoms. The molecule has 0 aromatic rings. The molecule has 1 rings (SSSR count). The largest absolute Gasteiger partial charge is 0.481 e. The lowest BCUT2D eigenvalue weighted by Crippen LogP contribution is -2.46. The minimum atomic E-state index is -0.911. The summed E-state index contributed by atoms with van der Waals surface area (Å²) >= 11 is 0. The molecule has 21 heavy (non-hydrogen) atoms. The highest BCUT2D eigenvalue weighted by Crippen LogP contribution is 2.33. The zero-order chi connectivity index (χ0) is 16.0. The topological polar surface area (TPSA) is 66.4 Å². The molecule has 0 radical (unpaired) electrons. The minimum absolute atomic E-state index is 0.0939. The van der Waals surface area contributed by atoms with E-state index in [1.807, 2.05) is 13.8 Å². The quantitative estimate of drug-likeness (QED) is 0.754. The lowest BCUT2D eigenvalue weighted by atomic mass is 9.76. The van der Waals surface area contributed by atoms with Crippen molar-refractivity contribution >= 4 is 11.9 Å². The predicted molar refractivity (Wildman–Crippen MR) is 84.0 cm³/mol. The zero-order valence-corrected chi connectivity index (χ0v) is 13.9. The fourth-order valence-electron chi connectivity index (χ4n) is 3.58. The molecule has 1 aliphatic carbocycles. The third kappa shape index (κ3) is 4.45. The molecule has 0 heterocycles. The summed E-state index contributed by atoms with van der Waals surface area (Å²) < 4.78 is 0. The van der Waals surface area contributed by atoms with Crippen LogP contribution in [0.5, 0.6) is 0 Å². The van der Waals surface area contributed by atoms with Crippen molar-refractivity contribution < 1.29 is 14.7 Å². The van der Waals surface area contributed by atoms with Gasteiger partial charge in [-0.05, 0) is 37.5 Å². The van der Waals surface area contributed by atoms with Gasteiger partial charge in [0.05, 0.1) is 5.41 Å². The van der Waals surface area contributed by atoms with Gasteiger partial charge in [0.2, 0.25) is 5.91 Å². The number of nitrogens with one attached hydrogen (secondary N) is 1. The van der Waals surface area contributed by atoms with Gasteiger partial charge in [-0.2, -0.15) is 0 Å². The Morgan fingerprint density at radius 2 is 1.76 bits per heavy atom. The van der Waals surface area contributed by atoms with Gasteiger partial charge >= 0.3 is 5.97 Å². The maximum atomic E-state index is 12.3. The Bertz CT molecular complexity index is 361. The number of rotatable bonds is 7. The van der Waals surface area contributed by atoms with E-state index in [1.54, 1.807) is 0 Å². The molecule has 122 valence electrons. The molecular weight excluding hydrogens is 266 g/mol. The van der Waals surface area contributed by atoms with Crippen LogP contribution in [0.15, 0.2) is 0 Å². The van der Waals surface area contributed by atoms with E-state index >= 15 is 0 Å². The van der Waals surface area contributed by atoms with Crippen LogP contribution in [0.25, 0.3) is 0 Å². The Hall–Kier alpha value is -1.06. The van der Waals surface area contributed by atoms with Crippen LogP contribution in [-0.4, -0.2) is 23.0 Å². The van der Waals surface area contributed by atoms with E-state index in [0.717, 1.165) is 19.3 Å². The van der Waals surface area contributed by atoms with Gasteiger partial charge in [0.15, 0.2) is 0 Å². The van der Waals surface area contributed by atoms with Crippen LogP contribution in [0.4, 0.5) is 0 Å². The Labute approximate surface area is 128 Å². The number of hydrogen-bond donors (Lipinski definition) is 2. The standard InChI is InChI=1S/C17H31NO3/c1-5-17(6-2,16(20)21)11-15(19)18-14-10-8-7-9-13(14)12(3)4/h12-14H,5-11H2,1-4H3,(H,18,19)(H,20,21). The number of carboxylic acids is 1. The van der Waals surface area contributed by atoms with Gasteiger partial charge in [0.1, 0.15) is 0 Å². The van der Waals surface area contributed by atoms with Gasteiger partial charge in [-0.1, -0.05) is 40.5 Å². The Morgan fingerprint density at radius 3 is 2.24 bits per heavy atom. The van der Waals surface area contributed by atoms with Crippen molar-refractivity contribution in [3.8, 4) is 0 Å². The second-order valence-corrected chi connectivity index (χ2v) is 6.84. The SMILES string of the molecule is CCC(CC)(CC(=O)NC1CCCCC1C(C)C)C(=O)O. The molecule has 2 N–H and O–H groups in total. The van der Waals surface area contributed by atoms with Gasteiger partial charge in [-0.25, -0.2) is 0 Å². The second kappa shape index (κ2) is 7.81. The second-order valence-electron chi connectivity index (χ2n) is 6.84. The monoisotopic (exact) mass is 297 g/mol. The highest BCUT2D eigenvalue weighted by atomic mass is 16.4. The lowest BCUT2D eigenvalue weighted by molar-refractivity contribution is -0.152. The van der Waals surface area contributed by atoms with Crippen LogP contribution in [-0.2, 0) is 9.59 Å². The van der Waals surface area contributed by atoms with Crippen LogP contribution in [0.2, 0.25) is 0 Å². The third-order valence-electron chi connectivity index (χ3n) is 5.33. The first-order chi connectivity index (χ1) is 9.86. The average molecular weight is 297 g/mol. The summed E-state index contributed by atoms with van der Waals surface area (Å²) in [6.07, 6.45) is 5.64. The summed E-state index contributed by atoms with van der Waals surface area (Å²) in [7, 11) is 0. The smallest absolute Gasteiger partial charge is 0.310 e. The molecule has 0 bridgehead atoms. The Kier molecular flexibility index (Phi) is 6.69. The van der Waals surface area contributed by atoms with Crippen molar-refractivity contribution in [1.29, 1.82) is 0 Å². The molecule has 1 amide bonds. The Balaban J connectivity index is 2.69. The first-order valence-electron chi connectivity index (χ1n) is 8.39. The molecule has 1 aliphatic rings. The maximum Gasteiger partial charge on any atom is 0.310 e. The number of aliphatic carboxylic acids is 1. The molecule has 0 aliphatic heterocycles. The number of carbonyl (C=O) groups excluding carboxylic acids is 1. The number of carboxylic acid groups (broad SMARTS) is 1. The summed E-state index contributed by atoms with van der Waals surface area (Å²) in [6.45, 7) is 8.11. The van der Waals surface area contributed by atoms with E-state index in [0.29, 0.717) is 24.7 Å². The maximum absolute atomic E-state index is 12.3. The number of carbonyl (C=O) groups is 2. The highest BCUT2D eigenvalue weighted by Gasteiger charge is 2.38. The van der Waals surface area contributed by atoms with Crippen molar-refractivity contribution in [3.63, 3.8) is 0 Å². The van der Waals surface area contributed by atoms with Crippen molar-refractivity contribution in [1.82, 2.24) is 5.32 Å². The summed E-state index contributed by atoms with van der Waals surface area (Å²) in [4.78, 5) is 23.8. The summed E-state index contributed by atoms with van der Waals surface area (Å²) in [6, 6.07) is 0.214. The molecular formula is C17H31NO3. The first-order valence-corrected chi connectivity index (χ1v) is 8.39. The third-order valence-corrected chi connectivity index (χ3v) is 5.33. The predicted octanol–water partition coefficient (Wildman–Crippen LogP) is 3.60. The summed E-state index contributed by atoms with van der Waals surface area (Å²) in [5.41, 5.74) is -0.911. The van der Waals surface area contributed by atoms with Crippen LogP contribution in [0, 0.1) is 17.3 Å². The normalized spacial score (nSPS) is 23.1. The molecule has 2 unspecified atom stereocenters. The van der Waals surface area contributed by atoms with E-state index < -0.39 is 11.4 Å². The van der Waals surface area contributed by atoms with Crippen molar-refractivity contribution in [3.05, 3.63) is 0 Å². The van der Waals surface area contributed by atoms with E-state index in [4.69, 9.17) is 0 Å². The molecule has 1 fully saturated rings. The van der Waals surface area contributed by atoms with Gasteiger partial charge in [0, 0.05) is 12.5 Å². The van der Waals surface area contributed by atoms with Crippen molar-refractivity contribution in [2.24, 2.45) is 17.3 Å². The minimum Gasteiger partial charge on any atom is -0.481 e. The fraction of sp³-hybridized carbons (Fsp3) is 0.882. The van der Waals surface area contributed by atoms with E-state index in [1.165, 1.54) is 6.42 Å². The zero-order valence-electron chi connectivity index (χ0n) is 13.9. The van der Waals surface area contributed by atoms with Crippen LogP contribution in [0.3, 0.4) is 0 Å². The van der Waals surface area contributed by atoms with E-state index in [2.05, 4.69) is 19.2 Å². The number of hydrogen-bond acceptors (Lipinski definition) is 2. The first kappa shape index (κ1) is 18.0. The van der Waals surface area contributed by atoms with Crippen LogP contribution >= 0.6 is 0 Å². The van der Waals surface area contributed by atoms with Gasteiger partial charge in [-0.3, -0.25) is 9.59 Å². The fourth-order valence-corrected chi connectivity index (χ4v) is 3.58. The average Bonchev–Trinajstić information content (AvgIpc) is 2.44. The molecule has 1 saturated carbocycles. The molecule has 0 spiro atoms. The van der Waals surface area contributed by atoms with Crippen LogP contribution in [0.1, 0.15) is 72.6 Å². The molecule has 0 saturated heterocycles. The molecule has 0 aromatic carbocycles. The Morgan fingerprint density at radius 1 is 1.19 bits per heavy atom. The van der Waals surface area contributed by atoms with Crippen molar-refractivity contribution in [2.45, 2.75) is 78.7 Å². The lowest BCUT2D eigenvalue weighted by Gasteiger charge is -2.36. The van der Waals surface area contributed by atoms with E-state index in [-0.39, 0.29) is 18.4 Å². The molecule has 4 nitrogen and oxygen atoms in total. The van der Waals surface area contributed by atoms with E-state index in [9.17, 15) is 14.7 Å². The molecule has 2 atom stereocenters. The van der Waals surface area contributed by atoms with Gasteiger partial charge in [0.25, 0.3) is 0 Å². The van der Waals surface area contributed by atoms with Gasteiger partial charge in [-0.15, -0.1) is 0 Å². The van der Waals surface area contributed by atoms with Crippen LogP contribution < -0.4 is 5.32 Å². The van der Waals surface area contributed by atoms with Gasteiger partial charge < -0.3 is 10.4 Å². The highest BCUT2D eigenvalue weighted by molar-refractivity contribution is 5.85. The van der Waals surface area contributed by atoms with Crippen molar-refractivity contribution in [2.75, 3.05) is 0 Å². The summed E-state index contributed by atoms with van der Waals surface area (Å²) in [5, 5.41) is 12.6. The number of amides is 1.